The van der Waals surface area contributed by atoms with E-state index in [1.807, 2.05) is 18.2 Å². The lowest BCUT2D eigenvalue weighted by atomic mass is 10.1. The molecular weight excluding hydrogens is 602 g/mol. The molecular formula is C26H19Cl2IN2O4. The number of anilines is 1. The summed E-state index contributed by atoms with van der Waals surface area (Å²) in [7, 11) is 0. The molecule has 1 N–H and O–H groups in total. The highest BCUT2D eigenvalue weighted by Gasteiger charge is 2.12. The molecule has 0 aromatic heterocycles. The van der Waals surface area contributed by atoms with Crippen LogP contribution in [-0.4, -0.2) is 18.5 Å². The van der Waals surface area contributed by atoms with Gasteiger partial charge in [0, 0.05) is 5.69 Å². The smallest absolute Gasteiger partial charge is 0.338 e. The molecule has 0 heterocycles. The zero-order valence-corrected chi connectivity index (χ0v) is 22.1. The molecule has 0 spiro atoms. The van der Waals surface area contributed by atoms with Crippen LogP contribution in [0.1, 0.15) is 28.4 Å². The number of amides is 1. The molecule has 3 aromatic carbocycles. The molecule has 0 aliphatic carbocycles. The number of halogens is 3. The number of benzene rings is 3. The number of hydrogen-bond donors (Lipinski definition) is 1. The van der Waals surface area contributed by atoms with Crippen LogP contribution in [0.4, 0.5) is 5.69 Å². The van der Waals surface area contributed by atoms with Gasteiger partial charge in [-0.05, 0) is 95.2 Å². The number of esters is 1. The van der Waals surface area contributed by atoms with Crippen molar-refractivity contribution in [1.82, 2.24) is 0 Å². The number of nitrogens with one attached hydrogen (secondary N) is 1. The van der Waals surface area contributed by atoms with Gasteiger partial charge in [0.1, 0.15) is 24.0 Å². The minimum absolute atomic E-state index is 0.0697. The molecule has 0 saturated heterocycles. The molecule has 178 valence electrons. The number of carbonyl (C=O) groups is 2. The predicted molar refractivity (Wildman–Crippen MR) is 145 cm³/mol. The first kappa shape index (κ1) is 26.5. The largest absolute Gasteiger partial charge is 0.488 e. The van der Waals surface area contributed by atoms with Crippen molar-refractivity contribution in [3.05, 3.63) is 96.5 Å². The van der Waals surface area contributed by atoms with Gasteiger partial charge in [0.25, 0.3) is 5.91 Å². The second kappa shape index (κ2) is 12.6. The number of ether oxygens (including phenoxy) is 2. The van der Waals surface area contributed by atoms with E-state index in [4.69, 9.17) is 32.7 Å². The van der Waals surface area contributed by atoms with Crippen LogP contribution in [0.3, 0.4) is 0 Å². The summed E-state index contributed by atoms with van der Waals surface area (Å²) in [4.78, 5) is 24.3. The molecule has 0 radical (unpaired) electrons. The summed E-state index contributed by atoms with van der Waals surface area (Å²) in [5.74, 6) is -0.355. The summed E-state index contributed by atoms with van der Waals surface area (Å²) in [5.41, 5.74) is 2.29. The normalized spacial score (nSPS) is 10.9. The maximum Gasteiger partial charge on any atom is 0.338 e. The molecule has 6 nitrogen and oxygen atoms in total. The Morgan fingerprint density at radius 1 is 1.06 bits per heavy atom. The van der Waals surface area contributed by atoms with E-state index < -0.39 is 11.9 Å². The fourth-order valence-electron chi connectivity index (χ4n) is 2.93. The van der Waals surface area contributed by atoms with Crippen molar-refractivity contribution in [2.24, 2.45) is 0 Å². The van der Waals surface area contributed by atoms with Gasteiger partial charge in [-0.1, -0.05) is 35.3 Å². The fourth-order valence-corrected chi connectivity index (χ4v) is 3.95. The molecule has 9 heteroatoms. The second-order valence-corrected chi connectivity index (χ2v) is 9.13. The van der Waals surface area contributed by atoms with Gasteiger partial charge in [-0.2, -0.15) is 5.26 Å². The molecule has 0 bridgehead atoms. The summed E-state index contributed by atoms with van der Waals surface area (Å²) >= 11 is 14.1. The lowest BCUT2D eigenvalue weighted by molar-refractivity contribution is -0.112. The molecule has 0 aliphatic rings. The van der Waals surface area contributed by atoms with Gasteiger partial charge in [-0.15, -0.1) is 0 Å². The quantitative estimate of drug-likeness (QED) is 0.128. The zero-order chi connectivity index (χ0) is 25.4. The summed E-state index contributed by atoms with van der Waals surface area (Å²) < 4.78 is 11.6. The topological polar surface area (TPSA) is 88.4 Å². The van der Waals surface area contributed by atoms with Crippen molar-refractivity contribution in [3.63, 3.8) is 0 Å². The third-order valence-corrected chi connectivity index (χ3v) is 6.25. The Hall–Kier alpha value is -3.06. The monoisotopic (exact) mass is 620 g/mol. The van der Waals surface area contributed by atoms with Crippen LogP contribution >= 0.6 is 45.8 Å². The van der Waals surface area contributed by atoms with Crippen molar-refractivity contribution in [3.8, 4) is 11.8 Å². The summed E-state index contributed by atoms with van der Waals surface area (Å²) in [6.45, 7) is 2.31. The molecule has 0 aliphatic heterocycles. The van der Waals surface area contributed by atoms with E-state index in [9.17, 15) is 14.9 Å². The van der Waals surface area contributed by atoms with E-state index in [-0.39, 0.29) is 12.2 Å². The number of carbonyl (C=O) groups excluding carboxylic acids is 2. The van der Waals surface area contributed by atoms with E-state index >= 15 is 0 Å². The Labute approximate surface area is 226 Å². The molecule has 0 unspecified atom stereocenters. The Morgan fingerprint density at radius 3 is 2.43 bits per heavy atom. The second-order valence-electron chi connectivity index (χ2n) is 7.15. The van der Waals surface area contributed by atoms with Gasteiger partial charge < -0.3 is 14.8 Å². The van der Waals surface area contributed by atoms with Gasteiger partial charge >= 0.3 is 5.97 Å². The van der Waals surface area contributed by atoms with E-state index in [0.29, 0.717) is 39.2 Å². The van der Waals surface area contributed by atoms with Crippen LogP contribution in [0.2, 0.25) is 10.0 Å². The van der Waals surface area contributed by atoms with Crippen molar-refractivity contribution in [2.75, 3.05) is 11.9 Å². The molecule has 0 fully saturated rings. The Morgan fingerprint density at radius 2 is 1.80 bits per heavy atom. The number of hydrogen-bond acceptors (Lipinski definition) is 5. The minimum atomic E-state index is -0.564. The van der Waals surface area contributed by atoms with Gasteiger partial charge in [-0.3, -0.25) is 4.79 Å². The zero-order valence-electron chi connectivity index (χ0n) is 18.5. The highest BCUT2D eigenvalue weighted by molar-refractivity contribution is 14.1. The highest BCUT2D eigenvalue weighted by Crippen LogP contribution is 2.26. The molecule has 3 aromatic rings. The average molecular weight is 621 g/mol. The maximum atomic E-state index is 12.6. The first-order valence-corrected chi connectivity index (χ1v) is 12.2. The molecule has 0 saturated carbocycles. The number of nitriles is 1. The van der Waals surface area contributed by atoms with Crippen LogP contribution in [-0.2, 0) is 16.1 Å². The molecule has 1 amide bonds. The van der Waals surface area contributed by atoms with Crippen molar-refractivity contribution >= 4 is 69.4 Å². The SMILES string of the molecule is CCOC(=O)c1ccc(NC(=O)/C(C#N)=C/c2ccc(OCc3ccc(Cl)c(Cl)c3)c(I)c2)cc1. The summed E-state index contributed by atoms with van der Waals surface area (Å²) in [5, 5.41) is 13.1. The minimum Gasteiger partial charge on any atom is -0.488 e. The lowest BCUT2D eigenvalue weighted by Gasteiger charge is -2.10. The average Bonchev–Trinajstić information content (AvgIpc) is 2.84. The number of rotatable bonds is 8. The highest BCUT2D eigenvalue weighted by atomic mass is 127. The maximum absolute atomic E-state index is 12.6. The Kier molecular flexibility index (Phi) is 9.55. The van der Waals surface area contributed by atoms with Crippen LogP contribution in [0, 0.1) is 14.9 Å². The Bertz CT molecular complexity index is 1320. The van der Waals surface area contributed by atoms with E-state index in [1.165, 1.54) is 6.08 Å². The van der Waals surface area contributed by atoms with Crippen molar-refractivity contribution in [2.45, 2.75) is 13.5 Å². The van der Waals surface area contributed by atoms with Crippen molar-refractivity contribution < 1.29 is 19.1 Å². The van der Waals surface area contributed by atoms with Gasteiger partial charge in [0.2, 0.25) is 0 Å². The molecule has 0 atom stereocenters. The predicted octanol–water partition coefficient (Wildman–Crippen LogP) is 6.90. The van der Waals surface area contributed by atoms with Crippen LogP contribution in [0.15, 0.2) is 66.2 Å². The first-order valence-electron chi connectivity index (χ1n) is 10.4. The first-order chi connectivity index (χ1) is 16.8. The number of nitrogens with zero attached hydrogens (tertiary/aromatic N) is 1. The standard InChI is InChI=1S/C26H19Cl2IN2O4/c1-2-34-26(33)18-5-7-20(8-6-18)31-25(32)19(14-30)11-16-4-10-24(23(29)13-16)35-15-17-3-9-21(27)22(28)12-17/h3-13H,2,15H2,1H3,(H,31,32)/b19-11+. The third kappa shape index (κ3) is 7.46. The van der Waals surface area contributed by atoms with Crippen LogP contribution in [0.25, 0.3) is 6.08 Å². The molecule has 35 heavy (non-hydrogen) atoms. The van der Waals surface area contributed by atoms with Gasteiger partial charge in [-0.25, -0.2) is 4.79 Å². The van der Waals surface area contributed by atoms with Gasteiger partial charge in [0.15, 0.2) is 0 Å². The van der Waals surface area contributed by atoms with E-state index in [2.05, 4.69) is 27.9 Å². The molecule has 3 rings (SSSR count). The summed E-state index contributed by atoms with van der Waals surface area (Å²) in [6.07, 6.45) is 1.49. The van der Waals surface area contributed by atoms with E-state index in [0.717, 1.165) is 9.13 Å². The fraction of sp³-hybridized carbons (Fsp3) is 0.115. The van der Waals surface area contributed by atoms with Crippen molar-refractivity contribution in [1.29, 1.82) is 5.26 Å². The third-order valence-electron chi connectivity index (χ3n) is 4.66. The van der Waals surface area contributed by atoms with Crippen LogP contribution < -0.4 is 10.1 Å². The van der Waals surface area contributed by atoms with Crippen LogP contribution in [0.5, 0.6) is 5.75 Å². The lowest BCUT2D eigenvalue weighted by Crippen LogP contribution is -2.13. The Balaban J connectivity index is 1.67. The summed E-state index contributed by atoms with van der Waals surface area (Å²) in [6, 6.07) is 18.8. The van der Waals surface area contributed by atoms with Gasteiger partial charge in [0.05, 0.1) is 25.8 Å². The van der Waals surface area contributed by atoms with E-state index in [1.54, 1.807) is 55.5 Å².